The van der Waals surface area contributed by atoms with Gasteiger partial charge in [0.25, 0.3) is 0 Å². The molecule has 2 aliphatic rings. The van der Waals surface area contributed by atoms with E-state index in [0.29, 0.717) is 56.5 Å². The van der Waals surface area contributed by atoms with Crippen molar-refractivity contribution in [3.8, 4) is 0 Å². The van der Waals surface area contributed by atoms with Crippen LogP contribution in [0.1, 0.15) is 25.8 Å². The number of halogens is 2. The van der Waals surface area contributed by atoms with Gasteiger partial charge in [0.05, 0.1) is 53.6 Å². The summed E-state index contributed by atoms with van der Waals surface area (Å²) in [5, 5.41) is 3.60. The van der Waals surface area contributed by atoms with E-state index >= 15 is 4.39 Å². The second-order valence-electron chi connectivity index (χ2n) is 9.61. The summed E-state index contributed by atoms with van der Waals surface area (Å²) >= 11 is 0. The zero-order valence-electron chi connectivity index (χ0n) is 21.4. The van der Waals surface area contributed by atoms with Crippen LogP contribution in [0.4, 0.5) is 31.7 Å². The molecule has 0 bridgehead atoms. The van der Waals surface area contributed by atoms with Gasteiger partial charge in [-0.1, -0.05) is 6.92 Å². The third kappa shape index (κ3) is 5.02. The first-order valence-electron chi connectivity index (χ1n) is 12.7. The highest BCUT2D eigenvalue weighted by Gasteiger charge is 2.29. The first kappa shape index (κ1) is 25.1. The molecule has 8 nitrogen and oxygen atoms in total. The maximum Gasteiger partial charge on any atom is 0.222 e. The number of hydrogen-bond donors (Lipinski definition) is 1. The summed E-state index contributed by atoms with van der Waals surface area (Å²) in [4.78, 5) is 27.6. The number of nitrogens with one attached hydrogen (secondary N) is 1. The standard InChI is InChI=1S/C27H32F2N6O2/c1-4-24(36)35-6-5-34(16-17(35)2)27-18(3)26(25-22(29)11-19(28)12-23(25)32-27)31-20-13-21(15-30-14-20)33-7-9-37-10-8-33/h11-15,17H,4-10,16H2,1-3H3,(H,31,32)/t17-/m0/s1. The lowest BCUT2D eigenvalue weighted by molar-refractivity contribution is -0.133. The fourth-order valence-corrected chi connectivity index (χ4v) is 5.22. The predicted molar refractivity (Wildman–Crippen MR) is 141 cm³/mol. The summed E-state index contributed by atoms with van der Waals surface area (Å²) in [6, 6.07) is 4.11. The molecule has 0 saturated carbocycles. The van der Waals surface area contributed by atoms with Crippen LogP contribution in [-0.2, 0) is 9.53 Å². The molecule has 5 rings (SSSR count). The Morgan fingerprint density at radius 2 is 1.89 bits per heavy atom. The van der Waals surface area contributed by atoms with E-state index in [1.165, 1.54) is 6.07 Å². The third-order valence-electron chi connectivity index (χ3n) is 7.14. The number of hydrogen-bond acceptors (Lipinski definition) is 7. The van der Waals surface area contributed by atoms with Crippen LogP contribution in [-0.4, -0.2) is 72.8 Å². The molecule has 196 valence electrons. The third-order valence-corrected chi connectivity index (χ3v) is 7.14. The second-order valence-corrected chi connectivity index (χ2v) is 9.61. The molecule has 2 saturated heterocycles. The van der Waals surface area contributed by atoms with Crippen LogP contribution >= 0.6 is 0 Å². The number of piperazine rings is 1. The predicted octanol–water partition coefficient (Wildman–Crippen LogP) is 4.24. The van der Waals surface area contributed by atoms with E-state index in [0.717, 1.165) is 30.4 Å². The van der Waals surface area contributed by atoms with Crippen LogP contribution in [0.15, 0.2) is 30.6 Å². The largest absolute Gasteiger partial charge is 0.378 e. The Bertz CT molecular complexity index is 1310. The fourth-order valence-electron chi connectivity index (χ4n) is 5.22. The molecule has 1 aromatic carbocycles. The van der Waals surface area contributed by atoms with Crippen LogP contribution in [0, 0.1) is 18.6 Å². The van der Waals surface area contributed by atoms with Crippen LogP contribution in [0.25, 0.3) is 10.9 Å². The van der Waals surface area contributed by atoms with E-state index < -0.39 is 11.6 Å². The molecule has 1 atom stereocenters. The summed E-state index contributed by atoms with van der Waals surface area (Å²) in [6.45, 7) is 10.3. The van der Waals surface area contributed by atoms with Crippen molar-refractivity contribution in [1.29, 1.82) is 0 Å². The van der Waals surface area contributed by atoms with E-state index in [2.05, 4.69) is 20.1 Å². The smallest absolute Gasteiger partial charge is 0.222 e. The summed E-state index contributed by atoms with van der Waals surface area (Å²) < 4.78 is 34.9. The lowest BCUT2D eigenvalue weighted by atomic mass is 10.1. The maximum absolute atomic E-state index is 15.2. The second kappa shape index (κ2) is 10.5. The monoisotopic (exact) mass is 510 g/mol. The SMILES string of the molecule is CCC(=O)N1CCN(c2nc3cc(F)cc(F)c3c(Nc3cncc(N4CCOCC4)c3)c2C)C[C@@H]1C. The van der Waals surface area contributed by atoms with E-state index in [1.54, 1.807) is 12.4 Å². The van der Waals surface area contributed by atoms with E-state index in [1.807, 2.05) is 31.7 Å². The van der Waals surface area contributed by atoms with Crippen molar-refractivity contribution in [3.63, 3.8) is 0 Å². The molecule has 0 spiro atoms. The molecule has 37 heavy (non-hydrogen) atoms. The number of aromatic nitrogens is 2. The Kier molecular flexibility index (Phi) is 7.10. The molecular weight excluding hydrogens is 478 g/mol. The molecule has 0 unspecified atom stereocenters. The van der Waals surface area contributed by atoms with E-state index in [9.17, 15) is 9.18 Å². The molecule has 2 fully saturated rings. The van der Waals surface area contributed by atoms with Crippen LogP contribution in [0.3, 0.4) is 0 Å². The Balaban J connectivity index is 1.54. The minimum atomic E-state index is -0.680. The lowest BCUT2D eigenvalue weighted by Gasteiger charge is -2.41. The summed E-state index contributed by atoms with van der Waals surface area (Å²) in [5.74, 6) is -0.591. The minimum Gasteiger partial charge on any atom is -0.378 e. The molecule has 3 aromatic rings. The number of carbonyl (C=O) groups is 1. The van der Waals surface area contributed by atoms with Gasteiger partial charge < -0.3 is 24.8 Å². The number of fused-ring (bicyclic) bond motifs is 1. The van der Waals surface area contributed by atoms with Crippen molar-refractivity contribution >= 4 is 39.7 Å². The quantitative estimate of drug-likeness (QED) is 0.550. The molecule has 1 N–H and O–H groups in total. The van der Waals surface area contributed by atoms with E-state index in [4.69, 9.17) is 9.72 Å². The first-order valence-corrected chi connectivity index (χ1v) is 12.7. The van der Waals surface area contributed by atoms with Gasteiger partial charge in [-0.05, 0) is 19.9 Å². The van der Waals surface area contributed by atoms with Gasteiger partial charge in [-0.25, -0.2) is 13.8 Å². The molecule has 4 heterocycles. The highest BCUT2D eigenvalue weighted by Crippen LogP contribution is 2.37. The number of morpholine rings is 1. The lowest BCUT2D eigenvalue weighted by Crippen LogP contribution is -2.54. The number of carbonyl (C=O) groups excluding carboxylic acids is 1. The number of anilines is 4. The number of rotatable bonds is 5. The number of pyridine rings is 2. The summed E-state index contributed by atoms with van der Waals surface area (Å²) in [5.41, 5.74) is 3.15. The first-order chi connectivity index (χ1) is 17.9. The Morgan fingerprint density at radius 1 is 1.11 bits per heavy atom. The topological polar surface area (TPSA) is 73.8 Å². The highest BCUT2D eigenvalue weighted by atomic mass is 19.1. The van der Waals surface area contributed by atoms with Crippen molar-refractivity contribution in [3.05, 3.63) is 47.8 Å². The van der Waals surface area contributed by atoms with Gasteiger partial charge in [-0.3, -0.25) is 9.78 Å². The molecule has 0 radical (unpaired) electrons. The zero-order chi connectivity index (χ0) is 26.1. The van der Waals surface area contributed by atoms with E-state index in [-0.39, 0.29) is 22.9 Å². The van der Waals surface area contributed by atoms with Crippen molar-refractivity contribution in [2.24, 2.45) is 0 Å². The number of nitrogens with zero attached hydrogens (tertiary/aromatic N) is 5. The zero-order valence-corrected chi connectivity index (χ0v) is 21.4. The van der Waals surface area contributed by atoms with Crippen LogP contribution in [0.5, 0.6) is 0 Å². The molecule has 1 amide bonds. The van der Waals surface area contributed by atoms with Crippen LogP contribution in [0.2, 0.25) is 0 Å². The summed E-state index contributed by atoms with van der Waals surface area (Å²) in [6.07, 6.45) is 3.95. The van der Waals surface area contributed by atoms with Crippen LogP contribution < -0.4 is 15.1 Å². The number of benzene rings is 1. The minimum absolute atomic E-state index is 0.00634. The average molecular weight is 511 g/mol. The van der Waals surface area contributed by atoms with Gasteiger partial charge >= 0.3 is 0 Å². The molecule has 2 aliphatic heterocycles. The van der Waals surface area contributed by atoms with Crippen molar-refractivity contribution in [2.75, 3.05) is 61.1 Å². The maximum atomic E-state index is 15.2. The van der Waals surface area contributed by atoms with Gasteiger partial charge in [0.15, 0.2) is 0 Å². The van der Waals surface area contributed by atoms with Gasteiger partial charge in [0, 0.05) is 62.9 Å². The molecule has 10 heteroatoms. The van der Waals surface area contributed by atoms with Gasteiger partial charge in [-0.15, -0.1) is 0 Å². The summed E-state index contributed by atoms with van der Waals surface area (Å²) in [7, 11) is 0. The van der Waals surface area contributed by atoms with Crippen molar-refractivity contribution in [1.82, 2.24) is 14.9 Å². The Morgan fingerprint density at radius 3 is 2.62 bits per heavy atom. The number of amides is 1. The average Bonchev–Trinajstić information content (AvgIpc) is 2.90. The van der Waals surface area contributed by atoms with Crippen molar-refractivity contribution < 1.29 is 18.3 Å². The Hall–Kier alpha value is -3.53. The molecular formula is C27H32F2N6O2. The van der Waals surface area contributed by atoms with Gasteiger partial charge in [0.1, 0.15) is 17.5 Å². The molecule has 0 aliphatic carbocycles. The highest BCUT2D eigenvalue weighted by molar-refractivity contribution is 5.98. The molecule has 2 aromatic heterocycles. The van der Waals surface area contributed by atoms with Gasteiger partial charge in [-0.2, -0.15) is 0 Å². The van der Waals surface area contributed by atoms with Gasteiger partial charge in [0.2, 0.25) is 5.91 Å². The van der Waals surface area contributed by atoms with Crippen molar-refractivity contribution in [2.45, 2.75) is 33.2 Å². The normalized spacial score (nSPS) is 18.4. The Labute approximate surface area is 215 Å². The number of ether oxygens (including phenoxy) is 1. The fraction of sp³-hybridized carbons (Fsp3) is 0.444.